The quantitative estimate of drug-likeness (QED) is 0.569. The second-order valence-corrected chi connectivity index (χ2v) is 2.85. The SMILES string of the molecule is C[C@@H]1CC[C@H](CCO)N1. The Morgan fingerprint density at radius 1 is 1.56 bits per heavy atom. The molecule has 1 aliphatic heterocycles. The van der Waals surface area contributed by atoms with Crippen molar-refractivity contribution in [2.24, 2.45) is 0 Å². The van der Waals surface area contributed by atoms with Gasteiger partial charge in [0.25, 0.3) is 0 Å². The first kappa shape index (κ1) is 7.03. The van der Waals surface area contributed by atoms with Crippen molar-refractivity contribution in [1.29, 1.82) is 0 Å². The van der Waals surface area contributed by atoms with Crippen LogP contribution in [-0.2, 0) is 0 Å². The Labute approximate surface area is 56.3 Å². The van der Waals surface area contributed by atoms with Crippen LogP contribution in [-0.4, -0.2) is 23.8 Å². The molecule has 2 atom stereocenters. The summed E-state index contributed by atoms with van der Waals surface area (Å²) in [5.41, 5.74) is 0. The number of hydrogen-bond donors (Lipinski definition) is 2. The van der Waals surface area contributed by atoms with E-state index < -0.39 is 0 Å². The lowest BCUT2D eigenvalue weighted by Gasteiger charge is -2.08. The number of nitrogens with one attached hydrogen (secondary N) is 1. The third-order valence-corrected chi connectivity index (χ3v) is 1.95. The maximum atomic E-state index is 8.57. The summed E-state index contributed by atoms with van der Waals surface area (Å²) in [6, 6.07) is 1.26. The largest absolute Gasteiger partial charge is 0.396 e. The summed E-state index contributed by atoms with van der Waals surface area (Å²) in [5.74, 6) is 0. The fraction of sp³-hybridized carbons (Fsp3) is 1.00. The van der Waals surface area contributed by atoms with E-state index in [1.54, 1.807) is 0 Å². The van der Waals surface area contributed by atoms with Crippen molar-refractivity contribution in [3.63, 3.8) is 0 Å². The first-order chi connectivity index (χ1) is 4.33. The minimum absolute atomic E-state index is 0.324. The van der Waals surface area contributed by atoms with Crippen molar-refractivity contribution < 1.29 is 5.11 Å². The standard InChI is InChI=1S/C7H15NO/c1-6-2-3-7(8-6)4-5-9/h6-9H,2-5H2,1H3/t6-,7-/m1/s1. The lowest BCUT2D eigenvalue weighted by Crippen LogP contribution is -2.27. The molecule has 2 N–H and O–H groups in total. The molecule has 2 heteroatoms. The van der Waals surface area contributed by atoms with Gasteiger partial charge in [-0.2, -0.15) is 0 Å². The minimum atomic E-state index is 0.324. The average Bonchev–Trinajstić information content (AvgIpc) is 2.17. The predicted octanol–water partition coefficient (Wildman–Crippen LogP) is 0.509. The number of hydrogen-bond acceptors (Lipinski definition) is 2. The summed E-state index contributed by atoms with van der Waals surface area (Å²) in [6.45, 7) is 2.52. The van der Waals surface area contributed by atoms with E-state index in [-0.39, 0.29) is 0 Å². The summed E-state index contributed by atoms with van der Waals surface area (Å²) < 4.78 is 0. The molecule has 0 amide bonds. The van der Waals surface area contributed by atoms with E-state index in [2.05, 4.69) is 12.2 Å². The normalized spacial score (nSPS) is 35.3. The van der Waals surface area contributed by atoms with E-state index in [1.807, 2.05) is 0 Å². The Morgan fingerprint density at radius 2 is 2.33 bits per heavy atom. The Hall–Kier alpha value is -0.0800. The molecule has 1 saturated heterocycles. The van der Waals surface area contributed by atoms with Crippen molar-refractivity contribution in [3.8, 4) is 0 Å². The Kier molecular flexibility index (Phi) is 2.49. The van der Waals surface area contributed by atoms with E-state index in [0.717, 1.165) is 6.42 Å². The molecule has 0 radical (unpaired) electrons. The van der Waals surface area contributed by atoms with Gasteiger partial charge in [0.05, 0.1) is 0 Å². The van der Waals surface area contributed by atoms with Gasteiger partial charge in [-0.25, -0.2) is 0 Å². The van der Waals surface area contributed by atoms with Crippen LogP contribution in [0, 0.1) is 0 Å². The highest BCUT2D eigenvalue weighted by atomic mass is 16.3. The zero-order valence-corrected chi connectivity index (χ0v) is 5.93. The van der Waals surface area contributed by atoms with E-state index >= 15 is 0 Å². The van der Waals surface area contributed by atoms with Crippen LogP contribution >= 0.6 is 0 Å². The van der Waals surface area contributed by atoms with Crippen LogP contribution in [0.3, 0.4) is 0 Å². The molecule has 0 aromatic rings. The van der Waals surface area contributed by atoms with Crippen LogP contribution in [0.15, 0.2) is 0 Å². The van der Waals surface area contributed by atoms with Gasteiger partial charge in [0, 0.05) is 18.7 Å². The highest BCUT2D eigenvalue weighted by molar-refractivity contribution is 4.79. The number of aliphatic hydroxyl groups is 1. The van der Waals surface area contributed by atoms with E-state index in [4.69, 9.17) is 5.11 Å². The monoisotopic (exact) mass is 129 g/mol. The third kappa shape index (κ3) is 1.95. The molecule has 1 heterocycles. The van der Waals surface area contributed by atoms with Crippen LogP contribution in [0.5, 0.6) is 0 Å². The van der Waals surface area contributed by atoms with Gasteiger partial charge in [-0.1, -0.05) is 0 Å². The van der Waals surface area contributed by atoms with Gasteiger partial charge in [0.1, 0.15) is 0 Å². The highest BCUT2D eigenvalue weighted by Gasteiger charge is 2.18. The predicted molar refractivity (Wildman–Crippen MR) is 37.3 cm³/mol. The number of aliphatic hydroxyl groups excluding tert-OH is 1. The van der Waals surface area contributed by atoms with Crippen LogP contribution in [0.25, 0.3) is 0 Å². The van der Waals surface area contributed by atoms with E-state index in [0.29, 0.717) is 18.7 Å². The maximum Gasteiger partial charge on any atom is 0.0445 e. The molecule has 1 fully saturated rings. The number of rotatable bonds is 2. The fourth-order valence-electron chi connectivity index (χ4n) is 1.40. The zero-order chi connectivity index (χ0) is 6.69. The maximum absolute atomic E-state index is 8.57. The summed E-state index contributed by atoms with van der Waals surface area (Å²) >= 11 is 0. The Bertz CT molecular complexity index is 83.0. The van der Waals surface area contributed by atoms with Crippen LogP contribution in [0.1, 0.15) is 26.2 Å². The molecular formula is C7H15NO. The zero-order valence-electron chi connectivity index (χ0n) is 5.93. The summed E-state index contributed by atoms with van der Waals surface area (Å²) in [4.78, 5) is 0. The van der Waals surface area contributed by atoms with Gasteiger partial charge in [0.15, 0.2) is 0 Å². The van der Waals surface area contributed by atoms with Gasteiger partial charge in [-0.05, 0) is 26.2 Å². The van der Waals surface area contributed by atoms with Crippen molar-refractivity contribution in [2.75, 3.05) is 6.61 Å². The first-order valence-electron chi connectivity index (χ1n) is 3.70. The lowest BCUT2D eigenvalue weighted by atomic mass is 10.1. The molecule has 2 nitrogen and oxygen atoms in total. The summed E-state index contributed by atoms with van der Waals surface area (Å²) in [7, 11) is 0. The van der Waals surface area contributed by atoms with E-state index in [9.17, 15) is 0 Å². The summed E-state index contributed by atoms with van der Waals surface area (Å²) in [5, 5.41) is 12.0. The van der Waals surface area contributed by atoms with Gasteiger partial charge in [0.2, 0.25) is 0 Å². The van der Waals surface area contributed by atoms with Gasteiger partial charge in [-0.3, -0.25) is 0 Å². The molecule has 0 aliphatic carbocycles. The fourth-order valence-corrected chi connectivity index (χ4v) is 1.40. The summed E-state index contributed by atoms with van der Waals surface area (Å²) in [6.07, 6.45) is 3.43. The second kappa shape index (κ2) is 3.18. The van der Waals surface area contributed by atoms with E-state index in [1.165, 1.54) is 12.8 Å². The molecule has 0 aromatic carbocycles. The van der Waals surface area contributed by atoms with Crippen molar-refractivity contribution in [1.82, 2.24) is 5.32 Å². The molecular weight excluding hydrogens is 114 g/mol. The third-order valence-electron chi connectivity index (χ3n) is 1.95. The Balaban J connectivity index is 2.14. The topological polar surface area (TPSA) is 32.3 Å². The van der Waals surface area contributed by atoms with Crippen molar-refractivity contribution in [2.45, 2.75) is 38.3 Å². The molecule has 0 bridgehead atoms. The Morgan fingerprint density at radius 3 is 2.78 bits per heavy atom. The molecule has 0 aromatic heterocycles. The molecule has 0 spiro atoms. The van der Waals surface area contributed by atoms with Crippen LogP contribution < -0.4 is 5.32 Å². The van der Waals surface area contributed by atoms with Crippen molar-refractivity contribution in [3.05, 3.63) is 0 Å². The molecule has 54 valence electrons. The lowest BCUT2D eigenvalue weighted by molar-refractivity contribution is 0.269. The van der Waals surface area contributed by atoms with Gasteiger partial charge in [-0.15, -0.1) is 0 Å². The molecule has 0 saturated carbocycles. The molecule has 0 unspecified atom stereocenters. The highest BCUT2D eigenvalue weighted by Crippen LogP contribution is 2.13. The average molecular weight is 129 g/mol. The second-order valence-electron chi connectivity index (χ2n) is 2.85. The smallest absolute Gasteiger partial charge is 0.0445 e. The first-order valence-corrected chi connectivity index (χ1v) is 3.70. The minimum Gasteiger partial charge on any atom is -0.396 e. The van der Waals surface area contributed by atoms with Crippen LogP contribution in [0.4, 0.5) is 0 Å². The van der Waals surface area contributed by atoms with Crippen LogP contribution in [0.2, 0.25) is 0 Å². The molecule has 9 heavy (non-hydrogen) atoms. The van der Waals surface area contributed by atoms with Gasteiger partial charge >= 0.3 is 0 Å². The van der Waals surface area contributed by atoms with Crippen molar-refractivity contribution >= 4 is 0 Å². The van der Waals surface area contributed by atoms with Gasteiger partial charge < -0.3 is 10.4 Å². The molecule has 1 rings (SSSR count). The molecule has 1 aliphatic rings.